The summed E-state index contributed by atoms with van der Waals surface area (Å²) in [7, 11) is 0. The zero-order valence-corrected chi connectivity index (χ0v) is 16.0. The summed E-state index contributed by atoms with van der Waals surface area (Å²) in [5.41, 5.74) is 2.58. The lowest BCUT2D eigenvalue weighted by Crippen LogP contribution is -2.41. The van der Waals surface area contributed by atoms with E-state index >= 15 is 0 Å². The molecule has 1 fully saturated rings. The maximum Gasteiger partial charge on any atom is 0.252 e. The van der Waals surface area contributed by atoms with Gasteiger partial charge in [0, 0.05) is 36.4 Å². The second-order valence-corrected chi connectivity index (χ2v) is 9.03. The maximum atomic E-state index is 12.6. The number of ether oxygens (including phenoxy) is 1. The smallest absolute Gasteiger partial charge is 0.252 e. The minimum absolute atomic E-state index is 0.106. The van der Waals surface area contributed by atoms with Gasteiger partial charge in [-0.05, 0) is 36.2 Å². The largest absolute Gasteiger partial charge is 0.379 e. The zero-order valence-electron chi connectivity index (χ0n) is 15.2. The van der Waals surface area contributed by atoms with Gasteiger partial charge in [-0.15, -0.1) is 11.3 Å². The molecular weight excluding hydrogens is 320 g/mol. The normalized spacial score (nSPS) is 22.2. The molecule has 0 radical (unpaired) electrons. The summed E-state index contributed by atoms with van der Waals surface area (Å²) in [6.45, 7) is 12.2. The van der Waals surface area contributed by atoms with Crippen LogP contribution >= 0.6 is 11.3 Å². The van der Waals surface area contributed by atoms with Crippen LogP contribution < -0.4 is 5.32 Å². The Kier molecular flexibility index (Phi) is 5.63. The van der Waals surface area contributed by atoms with Gasteiger partial charge in [-0.1, -0.05) is 20.8 Å². The van der Waals surface area contributed by atoms with Crippen molar-refractivity contribution in [3.63, 3.8) is 0 Å². The van der Waals surface area contributed by atoms with Gasteiger partial charge in [0.1, 0.15) is 0 Å². The molecule has 0 spiro atoms. The van der Waals surface area contributed by atoms with Gasteiger partial charge in [-0.3, -0.25) is 9.69 Å². The molecule has 0 aromatic carbocycles. The van der Waals surface area contributed by atoms with Crippen LogP contribution in [0.3, 0.4) is 0 Å². The van der Waals surface area contributed by atoms with Crippen molar-refractivity contribution in [2.45, 2.75) is 40.0 Å². The average Bonchev–Trinajstić information content (AvgIpc) is 2.98. The third-order valence-electron chi connectivity index (χ3n) is 5.44. The lowest BCUT2D eigenvalue weighted by atomic mass is 9.72. The van der Waals surface area contributed by atoms with E-state index in [0.717, 1.165) is 57.2 Å². The second kappa shape index (κ2) is 7.54. The molecule has 1 aromatic heterocycles. The van der Waals surface area contributed by atoms with Crippen molar-refractivity contribution in [2.75, 3.05) is 39.4 Å². The van der Waals surface area contributed by atoms with E-state index in [1.807, 2.05) is 0 Å². The predicted octanol–water partition coefficient (Wildman–Crippen LogP) is 2.96. The molecule has 2 heterocycles. The first-order chi connectivity index (χ1) is 11.4. The highest BCUT2D eigenvalue weighted by Gasteiger charge is 2.31. The molecule has 1 saturated heterocycles. The molecule has 0 bridgehead atoms. The fourth-order valence-electron chi connectivity index (χ4n) is 3.69. The van der Waals surface area contributed by atoms with Crippen molar-refractivity contribution >= 4 is 17.2 Å². The summed E-state index contributed by atoms with van der Waals surface area (Å²) in [6.07, 6.45) is 3.37. The van der Waals surface area contributed by atoms with Crippen molar-refractivity contribution in [3.05, 3.63) is 21.4 Å². The SMILES string of the molecule is CC(C)(C)C1CCc2c(C(=O)NCCN3CCOCC3)csc2C1. The molecule has 134 valence electrons. The number of carbonyl (C=O) groups is 1. The molecule has 1 atom stereocenters. The number of rotatable bonds is 4. The molecule has 3 rings (SSSR count). The number of carbonyl (C=O) groups excluding carboxylic acids is 1. The van der Waals surface area contributed by atoms with E-state index in [0.29, 0.717) is 12.0 Å². The van der Waals surface area contributed by atoms with E-state index in [4.69, 9.17) is 4.74 Å². The number of thiophene rings is 1. The van der Waals surface area contributed by atoms with E-state index in [2.05, 4.69) is 36.4 Å². The number of hydrogen-bond acceptors (Lipinski definition) is 4. The molecule has 24 heavy (non-hydrogen) atoms. The van der Waals surface area contributed by atoms with Crippen LogP contribution in [0.2, 0.25) is 0 Å². The van der Waals surface area contributed by atoms with Crippen LogP contribution in [0.1, 0.15) is 48.0 Å². The molecule has 1 aromatic rings. The molecule has 0 saturated carbocycles. The van der Waals surface area contributed by atoms with Crippen molar-refractivity contribution in [3.8, 4) is 0 Å². The van der Waals surface area contributed by atoms with Crippen molar-refractivity contribution in [1.82, 2.24) is 10.2 Å². The summed E-state index contributed by atoms with van der Waals surface area (Å²) < 4.78 is 5.35. The molecule has 4 nitrogen and oxygen atoms in total. The molecule has 2 aliphatic rings. The van der Waals surface area contributed by atoms with Crippen molar-refractivity contribution < 1.29 is 9.53 Å². The van der Waals surface area contributed by atoms with Crippen LogP contribution in [0, 0.1) is 11.3 Å². The van der Waals surface area contributed by atoms with Gasteiger partial charge in [0.05, 0.1) is 18.8 Å². The molecule has 1 aliphatic carbocycles. The fourth-order valence-corrected chi connectivity index (χ4v) is 4.85. The van der Waals surface area contributed by atoms with Gasteiger partial charge in [-0.25, -0.2) is 0 Å². The van der Waals surface area contributed by atoms with E-state index in [-0.39, 0.29) is 5.91 Å². The quantitative estimate of drug-likeness (QED) is 0.908. The number of nitrogens with zero attached hydrogens (tertiary/aromatic N) is 1. The minimum atomic E-state index is 0.106. The van der Waals surface area contributed by atoms with Crippen LogP contribution in [0.25, 0.3) is 0 Å². The highest BCUT2D eigenvalue weighted by atomic mass is 32.1. The first kappa shape index (κ1) is 17.9. The predicted molar refractivity (Wildman–Crippen MR) is 98.9 cm³/mol. The Labute approximate surface area is 149 Å². The summed E-state index contributed by atoms with van der Waals surface area (Å²) in [4.78, 5) is 16.3. The van der Waals surface area contributed by atoms with Crippen LogP contribution in [-0.2, 0) is 17.6 Å². The fraction of sp³-hybridized carbons (Fsp3) is 0.737. The lowest BCUT2D eigenvalue weighted by Gasteiger charge is -2.34. The molecule has 1 unspecified atom stereocenters. The zero-order chi connectivity index (χ0) is 17.2. The monoisotopic (exact) mass is 350 g/mol. The van der Waals surface area contributed by atoms with E-state index in [1.54, 1.807) is 11.3 Å². The van der Waals surface area contributed by atoms with Gasteiger partial charge in [0.15, 0.2) is 0 Å². The second-order valence-electron chi connectivity index (χ2n) is 8.07. The summed E-state index contributed by atoms with van der Waals surface area (Å²) in [5, 5.41) is 5.18. The van der Waals surface area contributed by atoms with Crippen LogP contribution in [0.4, 0.5) is 0 Å². The average molecular weight is 351 g/mol. The Morgan fingerprint density at radius 3 is 2.83 bits per heavy atom. The van der Waals surface area contributed by atoms with Gasteiger partial charge in [0.25, 0.3) is 5.91 Å². The third-order valence-corrected chi connectivity index (χ3v) is 6.49. The Balaban J connectivity index is 1.54. The lowest BCUT2D eigenvalue weighted by molar-refractivity contribution is 0.0383. The van der Waals surface area contributed by atoms with E-state index < -0.39 is 0 Å². The Bertz CT molecular complexity index is 570. The maximum absolute atomic E-state index is 12.6. The number of amides is 1. The van der Waals surface area contributed by atoms with Crippen molar-refractivity contribution in [2.24, 2.45) is 11.3 Å². The molecule has 1 amide bonds. The number of morpholine rings is 1. The highest BCUT2D eigenvalue weighted by Crippen LogP contribution is 2.40. The molecule has 5 heteroatoms. The van der Waals surface area contributed by atoms with E-state index in [9.17, 15) is 4.79 Å². The summed E-state index contributed by atoms with van der Waals surface area (Å²) in [6, 6.07) is 0. The van der Waals surface area contributed by atoms with Crippen molar-refractivity contribution in [1.29, 1.82) is 0 Å². The number of hydrogen-bond donors (Lipinski definition) is 1. The molecular formula is C19H30N2O2S. The summed E-state index contributed by atoms with van der Waals surface area (Å²) in [5.74, 6) is 0.829. The number of fused-ring (bicyclic) bond motifs is 1. The number of nitrogens with one attached hydrogen (secondary N) is 1. The van der Waals surface area contributed by atoms with Crippen LogP contribution in [-0.4, -0.2) is 50.2 Å². The van der Waals surface area contributed by atoms with E-state index in [1.165, 1.54) is 16.9 Å². The Hall–Kier alpha value is -0.910. The highest BCUT2D eigenvalue weighted by molar-refractivity contribution is 7.10. The third kappa shape index (κ3) is 4.19. The van der Waals surface area contributed by atoms with Gasteiger partial charge >= 0.3 is 0 Å². The Morgan fingerprint density at radius 2 is 2.12 bits per heavy atom. The molecule has 1 N–H and O–H groups in total. The first-order valence-corrected chi connectivity index (χ1v) is 10.0. The van der Waals surface area contributed by atoms with Crippen LogP contribution in [0.5, 0.6) is 0 Å². The minimum Gasteiger partial charge on any atom is -0.379 e. The molecule has 1 aliphatic heterocycles. The first-order valence-electron chi connectivity index (χ1n) is 9.12. The Morgan fingerprint density at radius 1 is 1.38 bits per heavy atom. The van der Waals surface area contributed by atoms with Crippen LogP contribution in [0.15, 0.2) is 5.38 Å². The van der Waals surface area contributed by atoms with Gasteiger partial charge < -0.3 is 10.1 Å². The standard InChI is InChI=1S/C19H30N2O2S/c1-19(2,3)14-4-5-15-16(13-24-17(15)12-14)18(22)20-6-7-21-8-10-23-11-9-21/h13-14H,4-12H2,1-3H3,(H,20,22). The topological polar surface area (TPSA) is 41.6 Å². The summed E-state index contributed by atoms with van der Waals surface area (Å²) >= 11 is 1.77. The van der Waals surface area contributed by atoms with Gasteiger partial charge in [-0.2, -0.15) is 0 Å². The van der Waals surface area contributed by atoms with Gasteiger partial charge in [0.2, 0.25) is 0 Å².